The molecule has 2 aromatic carbocycles. The molecule has 1 aliphatic heterocycles. The Morgan fingerprint density at radius 3 is 2.70 bits per heavy atom. The molecule has 27 heavy (non-hydrogen) atoms. The summed E-state index contributed by atoms with van der Waals surface area (Å²) in [6.45, 7) is 2.77. The van der Waals surface area contributed by atoms with E-state index in [1.54, 1.807) is 7.11 Å². The molecule has 0 saturated carbocycles. The van der Waals surface area contributed by atoms with Gasteiger partial charge >= 0.3 is 0 Å². The number of methoxy groups -OCH3 is 1. The molecule has 1 N–H and O–H groups in total. The van der Waals surface area contributed by atoms with Crippen LogP contribution in [-0.2, 0) is 12.8 Å². The lowest BCUT2D eigenvalue weighted by atomic mass is 10.0. The van der Waals surface area contributed by atoms with Crippen molar-refractivity contribution in [2.45, 2.75) is 38.1 Å². The molecule has 4 heteroatoms. The summed E-state index contributed by atoms with van der Waals surface area (Å²) in [5.74, 6) is 0.887. The first-order valence-electron chi connectivity index (χ1n) is 10.0. The minimum absolute atomic E-state index is 0.0248. The van der Waals surface area contributed by atoms with Crippen LogP contribution < -0.4 is 10.1 Å². The highest BCUT2D eigenvalue weighted by Crippen LogP contribution is 2.27. The van der Waals surface area contributed by atoms with E-state index in [0.29, 0.717) is 6.54 Å². The van der Waals surface area contributed by atoms with E-state index < -0.39 is 0 Å². The number of nitrogens with one attached hydrogen (secondary N) is 1. The third-order valence-electron chi connectivity index (χ3n) is 5.88. The molecule has 1 aliphatic carbocycles. The number of amides is 1. The monoisotopic (exact) mass is 364 g/mol. The Labute approximate surface area is 161 Å². The van der Waals surface area contributed by atoms with Gasteiger partial charge in [0.15, 0.2) is 0 Å². The van der Waals surface area contributed by atoms with Crippen molar-refractivity contribution in [1.29, 1.82) is 0 Å². The Kier molecular flexibility index (Phi) is 5.44. The molecule has 1 fully saturated rings. The van der Waals surface area contributed by atoms with Gasteiger partial charge in [0.1, 0.15) is 5.75 Å². The summed E-state index contributed by atoms with van der Waals surface area (Å²) in [7, 11) is 1.69. The predicted octanol–water partition coefficient (Wildman–Crippen LogP) is 3.75. The van der Waals surface area contributed by atoms with Gasteiger partial charge in [-0.3, -0.25) is 9.69 Å². The number of carbonyl (C=O) groups is 1. The maximum Gasteiger partial charge on any atom is 0.251 e. The van der Waals surface area contributed by atoms with Crippen LogP contribution in [-0.4, -0.2) is 37.6 Å². The minimum Gasteiger partial charge on any atom is -0.497 e. The Balaban J connectivity index is 1.48. The average molecular weight is 364 g/mol. The first-order chi connectivity index (χ1) is 13.2. The summed E-state index contributed by atoms with van der Waals surface area (Å²) >= 11 is 0. The Hall–Kier alpha value is -2.33. The number of nitrogens with zero attached hydrogens (tertiary/aromatic N) is 1. The molecule has 0 aromatic heterocycles. The third-order valence-corrected chi connectivity index (χ3v) is 5.88. The van der Waals surface area contributed by atoms with E-state index in [1.807, 2.05) is 18.2 Å². The van der Waals surface area contributed by atoms with Crippen molar-refractivity contribution in [1.82, 2.24) is 10.2 Å². The molecule has 4 nitrogen and oxygen atoms in total. The summed E-state index contributed by atoms with van der Waals surface area (Å²) in [4.78, 5) is 15.2. The van der Waals surface area contributed by atoms with Gasteiger partial charge in [-0.05, 0) is 86.1 Å². The molecular weight excluding hydrogens is 336 g/mol. The van der Waals surface area contributed by atoms with Gasteiger partial charge in [0.2, 0.25) is 0 Å². The Bertz CT molecular complexity index is 812. The number of likely N-dealkylation sites (tertiary alicyclic amines) is 1. The molecule has 1 unspecified atom stereocenters. The number of rotatable bonds is 6. The van der Waals surface area contributed by atoms with E-state index in [0.717, 1.165) is 37.2 Å². The van der Waals surface area contributed by atoms with Gasteiger partial charge in [-0.1, -0.05) is 18.2 Å². The van der Waals surface area contributed by atoms with Crippen LogP contribution in [0.4, 0.5) is 0 Å². The number of hydrogen-bond acceptors (Lipinski definition) is 3. The molecular formula is C23H28N2O2. The molecule has 0 bridgehead atoms. The van der Waals surface area contributed by atoms with Crippen molar-refractivity contribution >= 4 is 5.91 Å². The number of carbonyl (C=O) groups excluding carboxylic acids is 1. The fourth-order valence-electron chi connectivity index (χ4n) is 4.36. The molecule has 4 rings (SSSR count). The van der Waals surface area contributed by atoms with Crippen LogP contribution in [0.1, 0.15) is 52.4 Å². The van der Waals surface area contributed by atoms with Crippen molar-refractivity contribution in [3.05, 3.63) is 64.7 Å². The van der Waals surface area contributed by atoms with Crippen LogP contribution in [0.2, 0.25) is 0 Å². The molecule has 0 spiro atoms. The van der Waals surface area contributed by atoms with Crippen LogP contribution in [0.25, 0.3) is 0 Å². The van der Waals surface area contributed by atoms with Gasteiger partial charge in [0.05, 0.1) is 13.2 Å². The van der Waals surface area contributed by atoms with Crippen LogP contribution in [0.15, 0.2) is 42.5 Å². The zero-order chi connectivity index (χ0) is 18.6. The Morgan fingerprint density at radius 1 is 1.07 bits per heavy atom. The van der Waals surface area contributed by atoms with Crippen LogP contribution in [0, 0.1) is 0 Å². The largest absolute Gasteiger partial charge is 0.497 e. The van der Waals surface area contributed by atoms with Gasteiger partial charge in [-0.25, -0.2) is 0 Å². The van der Waals surface area contributed by atoms with Gasteiger partial charge < -0.3 is 10.1 Å². The highest BCUT2D eigenvalue weighted by Gasteiger charge is 2.24. The second-order valence-corrected chi connectivity index (χ2v) is 7.58. The summed E-state index contributed by atoms with van der Waals surface area (Å²) in [5, 5.41) is 3.18. The van der Waals surface area contributed by atoms with E-state index in [4.69, 9.17) is 4.74 Å². The summed E-state index contributed by atoms with van der Waals surface area (Å²) in [5.41, 5.74) is 4.72. The number of hydrogen-bond donors (Lipinski definition) is 1. The predicted molar refractivity (Wildman–Crippen MR) is 107 cm³/mol. The lowest BCUT2D eigenvalue weighted by Crippen LogP contribution is -2.36. The van der Waals surface area contributed by atoms with E-state index in [1.165, 1.54) is 36.0 Å². The highest BCUT2D eigenvalue weighted by molar-refractivity contribution is 5.94. The molecule has 1 saturated heterocycles. The quantitative estimate of drug-likeness (QED) is 0.849. The van der Waals surface area contributed by atoms with Gasteiger partial charge in [-0.2, -0.15) is 0 Å². The van der Waals surface area contributed by atoms with E-state index >= 15 is 0 Å². The molecule has 0 radical (unpaired) electrons. The molecule has 142 valence electrons. The van der Waals surface area contributed by atoms with Crippen molar-refractivity contribution < 1.29 is 9.53 Å². The van der Waals surface area contributed by atoms with E-state index in [2.05, 4.69) is 34.5 Å². The maximum absolute atomic E-state index is 12.8. The number of ether oxygens (including phenoxy) is 1. The minimum atomic E-state index is 0.0248. The second kappa shape index (κ2) is 8.13. The van der Waals surface area contributed by atoms with Gasteiger partial charge in [-0.15, -0.1) is 0 Å². The smallest absolute Gasteiger partial charge is 0.251 e. The molecule has 2 aliphatic rings. The lowest BCUT2D eigenvalue weighted by molar-refractivity contribution is 0.0938. The fraction of sp³-hybridized carbons (Fsp3) is 0.435. The van der Waals surface area contributed by atoms with Crippen molar-refractivity contribution in [2.24, 2.45) is 0 Å². The lowest BCUT2D eigenvalue weighted by Gasteiger charge is -2.28. The summed E-state index contributed by atoms with van der Waals surface area (Å²) in [6.07, 6.45) is 5.88. The zero-order valence-corrected chi connectivity index (χ0v) is 16.0. The summed E-state index contributed by atoms with van der Waals surface area (Å²) < 4.78 is 5.40. The van der Waals surface area contributed by atoms with Crippen molar-refractivity contribution in [3.63, 3.8) is 0 Å². The van der Waals surface area contributed by atoms with E-state index in [9.17, 15) is 4.79 Å². The molecule has 1 heterocycles. The van der Waals surface area contributed by atoms with Crippen molar-refractivity contribution in [2.75, 3.05) is 26.7 Å². The van der Waals surface area contributed by atoms with Gasteiger partial charge in [0, 0.05) is 12.1 Å². The topological polar surface area (TPSA) is 41.6 Å². The van der Waals surface area contributed by atoms with Crippen LogP contribution in [0.3, 0.4) is 0 Å². The first-order valence-corrected chi connectivity index (χ1v) is 10.0. The van der Waals surface area contributed by atoms with Crippen LogP contribution in [0.5, 0.6) is 5.75 Å². The van der Waals surface area contributed by atoms with Crippen molar-refractivity contribution in [3.8, 4) is 5.75 Å². The van der Waals surface area contributed by atoms with E-state index in [-0.39, 0.29) is 11.9 Å². The highest BCUT2D eigenvalue weighted by atomic mass is 16.5. The SMILES string of the molecule is COc1cccc(C(CNC(=O)c2ccc3c(c2)CCC3)N2CCCC2)c1. The molecule has 1 atom stereocenters. The Morgan fingerprint density at radius 2 is 1.89 bits per heavy atom. The molecule has 2 aromatic rings. The first kappa shape index (κ1) is 18.1. The van der Waals surface area contributed by atoms with Gasteiger partial charge in [0.25, 0.3) is 5.91 Å². The number of fused-ring (bicyclic) bond motifs is 1. The number of benzene rings is 2. The third kappa shape index (κ3) is 4.01. The average Bonchev–Trinajstić information content (AvgIpc) is 3.39. The van der Waals surface area contributed by atoms with Crippen LogP contribution >= 0.6 is 0 Å². The standard InChI is InChI=1S/C23H28N2O2/c1-27-21-9-5-8-19(15-21)22(25-12-2-3-13-25)16-24-23(26)20-11-10-17-6-4-7-18(17)14-20/h5,8-11,14-15,22H,2-4,6-7,12-13,16H2,1H3,(H,24,26). The molecule has 1 amide bonds. The second-order valence-electron chi connectivity index (χ2n) is 7.58. The fourth-order valence-corrected chi connectivity index (χ4v) is 4.36. The zero-order valence-electron chi connectivity index (χ0n) is 16.0. The summed E-state index contributed by atoms with van der Waals surface area (Å²) in [6, 6.07) is 14.6. The number of aryl methyl sites for hydroxylation is 2. The normalized spacial score (nSPS) is 17.5. The maximum atomic E-state index is 12.8.